The molecule has 4 heteroatoms. The summed E-state index contributed by atoms with van der Waals surface area (Å²) in [4.78, 5) is 4.47. The van der Waals surface area contributed by atoms with E-state index in [1.807, 2.05) is 12.3 Å². The fourth-order valence-corrected chi connectivity index (χ4v) is 2.59. The minimum absolute atomic E-state index is 0.823. The van der Waals surface area contributed by atoms with Gasteiger partial charge in [-0.3, -0.25) is 0 Å². The molecule has 1 aromatic carbocycles. The summed E-state index contributed by atoms with van der Waals surface area (Å²) in [5, 5.41) is 4.24. The van der Waals surface area contributed by atoms with Crippen LogP contribution in [0.2, 0.25) is 5.02 Å². The molecular formula is C17H24ClN3. The zero-order valence-electron chi connectivity index (χ0n) is 12.9. The van der Waals surface area contributed by atoms with Crippen LogP contribution >= 0.6 is 11.6 Å². The predicted molar refractivity (Wildman–Crippen MR) is 88.8 cm³/mol. The monoisotopic (exact) mass is 305 g/mol. The maximum absolute atomic E-state index is 6.28. The quantitative estimate of drug-likeness (QED) is 0.746. The molecule has 1 N–H and O–H groups in total. The first kappa shape index (κ1) is 16.1. The Morgan fingerprint density at radius 2 is 2.10 bits per heavy atom. The summed E-state index contributed by atoms with van der Waals surface area (Å²) in [5.74, 6) is 1.12. The number of benzene rings is 1. The average molecular weight is 306 g/mol. The smallest absolute Gasteiger partial charge is 0.113 e. The molecule has 2 rings (SSSR count). The van der Waals surface area contributed by atoms with E-state index in [1.165, 1.54) is 5.56 Å². The number of imidazole rings is 1. The first-order chi connectivity index (χ1) is 10.2. The Bertz CT molecular complexity index is 563. The summed E-state index contributed by atoms with van der Waals surface area (Å²) in [5.41, 5.74) is 2.42. The van der Waals surface area contributed by atoms with Crippen LogP contribution in [-0.2, 0) is 19.5 Å². The SMILES string of the molecule is CCCNCc1cc(Cc2nccn2CCC)ccc1Cl. The lowest BCUT2D eigenvalue weighted by Gasteiger charge is -2.10. The molecule has 114 valence electrons. The van der Waals surface area contributed by atoms with Gasteiger partial charge < -0.3 is 9.88 Å². The maximum Gasteiger partial charge on any atom is 0.113 e. The number of aryl methyl sites for hydroxylation is 1. The fourth-order valence-electron chi connectivity index (χ4n) is 2.41. The molecule has 0 spiro atoms. The van der Waals surface area contributed by atoms with E-state index < -0.39 is 0 Å². The lowest BCUT2D eigenvalue weighted by Crippen LogP contribution is -2.14. The van der Waals surface area contributed by atoms with E-state index in [9.17, 15) is 0 Å². The minimum Gasteiger partial charge on any atom is -0.335 e. The van der Waals surface area contributed by atoms with Crippen LogP contribution in [0.5, 0.6) is 0 Å². The summed E-state index contributed by atoms with van der Waals surface area (Å²) >= 11 is 6.28. The summed E-state index contributed by atoms with van der Waals surface area (Å²) in [6.45, 7) is 7.21. The van der Waals surface area contributed by atoms with Crippen molar-refractivity contribution in [3.8, 4) is 0 Å². The average Bonchev–Trinajstić information content (AvgIpc) is 2.90. The van der Waals surface area contributed by atoms with Crippen LogP contribution in [0.25, 0.3) is 0 Å². The molecular weight excluding hydrogens is 282 g/mol. The molecule has 21 heavy (non-hydrogen) atoms. The molecule has 0 atom stereocenters. The topological polar surface area (TPSA) is 29.9 Å². The normalized spacial score (nSPS) is 11.0. The third-order valence-electron chi connectivity index (χ3n) is 3.48. The third-order valence-corrected chi connectivity index (χ3v) is 3.85. The number of nitrogens with one attached hydrogen (secondary N) is 1. The van der Waals surface area contributed by atoms with Crippen LogP contribution in [0.15, 0.2) is 30.6 Å². The Balaban J connectivity index is 2.09. The molecule has 0 aliphatic carbocycles. The van der Waals surface area contributed by atoms with E-state index in [2.05, 4.69) is 47.0 Å². The van der Waals surface area contributed by atoms with Crippen LogP contribution in [0.4, 0.5) is 0 Å². The van der Waals surface area contributed by atoms with Gasteiger partial charge in [-0.1, -0.05) is 37.6 Å². The summed E-state index contributed by atoms with van der Waals surface area (Å²) in [6, 6.07) is 6.28. The van der Waals surface area contributed by atoms with Gasteiger partial charge in [0, 0.05) is 36.9 Å². The second-order valence-corrected chi connectivity index (χ2v) is 5.72. The fraction of sp³-hybridized carbons (Fsp3) is 0.471. The van der Waals surface area contributed by atoms with Crippen LogP contribution in [-0.4, -0.2) is 16.1 Å². The summed E-state index contributed by atoms with van der Waals surface area (Å²) < 4.78 is 2.23. The van der Waals surface area contributed by atoms with Crippen molar-refractivity contribution in [3.05, 3.63) is 52.6 Å². The first-order valence-corrected chi connectivity index (χ1v) is 8.10. The van der Waals surface area contributed by atoms with E-state index in [0.29, 0.717) is 0 Å². The highest BCUT2D eigenvalue weighted by atomic mass is 35.5. The van der Waals surface area contributed by atoms with Crippen molar-refractivity contribution in [2.24, 2.45) is 0 Å². The molecule has 1 heterocycles. The molecule has 3 nitrogen and oxygen atoms in total. The van der Waals surface area contributed by atoms with Gasteiger partial charge in [-0.2, -0.15) is 0 Å². The lowest BCUT2D eigenvalue weighted by atomic mass is 10.1. The Kier molecular flexibility index (Phi) is 6.27. The molecule has 0 unspecified atom stereocenters. The highest BCUT2D eigenvalue weighted by Crippen LogP contribution is 2.19. The third kappa shape index (κ3) is 4.58. The lowest BCUT2D eigenvalue weighted by molar-refractivity contribution is 0.646. The van der Waals surface area contributed by atoms with Crippen molar-refractivity contribution >= 4 is 11.6 Å². The second-order valence-electron chi connectivity index (χ2n) is 5.32. The van der Waals surface area contributed by atoms with E-state index in [1.54, 1.807) is 0 Å². The van der Waals surface area contributed by atoms with Gasteiger partial charge in [-0.05, 0) is 36.6 Å². The molecule has 0 aliphatic heterocycles. The van der Waals surface area contributed by atoms with Crippen LogP contribution < -0.4 is 5.32 Å². The second kappa shape index (κ2) is 8.20. The zero-order chi connectivity index (χ0) is 15.1. The number of rotatable bonds is 8. The van der Waals surface area contributed by atoms with Gasteiger partial charge in [0.25, 0.3) is 0 Å². The summed E-state index contributed by atoms with van der Waals surface area (Å²) in [6.07, 6.45) is 7.04. The molecule has 0 fully saturated rings. The maximum atomic E-state index is 6.28. The Hall–Kier alpha value is -1.32. The molecule has 0 saturated heterocycles. The highest BCUT2D eigenvalue weighted by Gasteiger charge is 2.06. The molecule has 1 aromatic heterocycles. The van der Waals surface area contributed by atoms with E-state index in [0.717, 1.165) is 55.3 Å². The van der Waals surface area contributed by atoms with Crippen LogP contribution in [0.3, 0.4) is 0 Å². The predicted octanol–water partition coefficient (Wildman–Crippen LogP) is 4.04. The van der Waals surface area contributed by atoms with E-state index >= 15 is 0 Å². The van der Waals surface area contributed by atoms with Crippen molar-refractivity contribution in [2.45, 2.75) is 46.2 Å². The van der Waals surface area contributed by atoms with Gasteiger partial charge in [0.2, 0.25) is 0 Å². The standard InChI is InChI=1S/C17H24ClN3/c1-3-7-19-13-15-11-14(5-6-16(15)18)12-17-20-8-10-21(17)9-4-2/h5-6,8,10-11,19H,3-4,7,9,12-13H2,1-2H3. The minimum atomic E-state index is 0.823. The van der Waals surface area contributed by atoms with Crippen molar-refractivity contribution in [1.29, 1.82) is 0 Å². The van der Waals surface area contributed by atoms with Gasteiger partial charge >= 0.3 is 0 Å². The van der Waals surface area contributed by atoms with Gasteiger partial charge in [0.15, 0.2) is 0 Å². The van der Waals surface area contributed by atoms with Crippen molar-refractivity contribution in [1.82, 2.24) is 14.9 Å². The highest BCUT2D eigenvalue weighted by molar-refractivity contribution is 6.31. The number of hydrogen-bond donors (Lipinski definition) is 1. The van der Waals surface area contributed by atoms with Gasteiger partial charge in [0.05, 0.1) is 0 Å². The molecule has 0 radical (unpaired) electrons. The Labute approximate surface area is 132 Å². The summed E-state index contributed by atoms with van der Waals surface area (Å²) in [7, 11) is 0. The number of hydrogen-bond acceptors (Lipinski definition) is 2. The van der Waals surface area contributed by atoms with Crippen molar-refractivity contribution in [2.75, 3.05) is 6.54 Å². The molecule has 0 saturated carbocycles. The van der Waals surface area contributed by atoms with Gasteiger partial charge in [0.1, 0.15) is 5.82 Å². The number of nitrogens with zero attached hydrogens (tertiary/aromatic N) is 2. The molecule has 0 aliphatic rings. The van der Waals surface area contributed by atoms with Crippen molar-refractivity contribution < 1.29 is 0 Å². The van der Waals surface area contributed by atoms with Crippen LogP contribution in [0, 0.1) is 0 Å². The first-order valence-electron chi connectivity index (χ1n) is 7.72. The van der Waals surface area contributed by atoms with Crippen molar-refractivity contribution in [3.63, 3.8) is 0 Å². The zero-order valence-corrected chi connectivity index (χ0v) is 13.7. The number of aromatic nitrogens is 2. The van der Waals surface area contributed by atoms with E-state index in [-0.39, 0.29) is 0 Å². The molecule has 2 aromatic rings. The largest absolute Gasteiger partial charge is 0.335 e. The van der Waals surface area contributed by atoms with Gasteiger partial charge in [-0.15, -0.1) is 0 Å². The number of halogens is 1. The molecule has 0 amide bonds. The molecule has 0 bridgehead atoms. The van der Waals surface area contributed by atoms with E-state index in [4.69, 9.17) is 11.6 Å². The van der Waals surface area contributed by atoms with Crippen LogP contribution in [0.1, 0.15) is 43.6 Å². The Morgan fingerprint density at radius 1 is 1.24 bits per heavy atom. The van der Waals surface area contributed by atoms with Gasteiger partial charge in [-0.25, -0.2) is 4.98 Å². The Morgan fingerprint density at radius 3 is 2.86 bits per heavy atom.